The first-order chi connectivity index (χ1) is 19.3. The van der Waals surface area contributed by atoms with Crippen molar-refractivity contribution in [3.8, 4) is 11.1 Å². The first kappa shape index (κ1) is 30.4. The van der Waals surface area contributed by atoms with Gasteiger partial charge in [-0.1, -0.05) is 26.0 Å². The Balaban J connectivity index is 0.00000189. The van der Waals surface area contributed by atoms with Crippen molar-refractivity contribution >= 4 is 28.9 Å². The lowest BCUT2D eigenvalue weighted by atomic mass is 10.0. The quantitative estimate of drug-likeness (QED) is 0.325. The fourth-order valence-corrected chi connectivity index (χ4v) is 5.17. The van der Waals surface area contributed by atoms with E-state index < -0.39 is 11.2 Å². The molecule has 0 N–H and O–H groups in total. The molecule has 0 spiro atoms. The third kappa shape index (κ3) is 7.03. The second-order valence-electron chi connectivity index (χ2n) is 12.7. The summed E-state index contributed by atoms with van der Waals surface area (Å²) in [4.78, 5) is 34.4. The molecule has 2 aromatic heterocycles. The molecule has 1 amide bonds. The van der Waals surface area contributed by atoms with Crippen LogP contribution in [0.25, 0.3) is 22.2 Å². The van der Waals surface area contributed by atoms with Crippen molar-refractivity contribution in [1.82, 2.24) is 14.5 Å². The van der Waals surface area contributed by atoms with Gasteiger partial charge in [-0.3, -0.25) is 0 Å². The zero-order valence-corrected chi connectivity index (χ0v) is 26.2. The molecule has 222 valence electrons. The Morgan fingerprint density at radius 1 is 0.829 bits per heavy atom. The Bertz CT molecular complexity index is 1380. The number of aryl methyl sites for hydroxylation is 1. The number of ether oxygens (including phenoxy) is 2. The van der Waals surface area contributed by atoms with Crippen molar-refractivity contribution in [2.45, 2.75) is 92.3 Å². The van der Waals surface area contributed by atoms with Crippen molar-refractivity contribution in [3.63, 3.8) is 0 Å². The predicted octanol–water partition coefficient (Wildman–Crippen LogP) is 7.76. The molecule has 0 radical (unpaired) electrons. The second kappa shape index (κ2) is 11.7. The summed E-state index contributed by atoms with van der Waals surface area (Å²) in [5.74, 6) is 0.380. The highest BCUT2D eigenvalue weighted by Crippen LogP contribution is 2.45. The third-order valence-corrected chi connectivity index (χ3v) is 7.14. The summed E-state index contributed by atoms with van der Waals surface area (Å²) in [7, 11) is 0. The van der Waals surface area contributed by atoms with E-state index in [1.54, 1.807) is 9.47 Å². The fourth-order valence-electron chi connectivity index (χ4n) is 5.17. The maximum Gasteiger partial charge on any atom is 0.420 e. The van der Waals surface area contributed by atoms with E-state index in [0.717, 1.165) is 59.4 Å². The smallest absolute Gasteiger partial charge is 0.420 e. The van der Waals surface area contributed by atoms with Gasteiger partial charge in [0.2, 0.25) is 0 Å². The number of carbonyl (C=O) groups excluding carboxylic acids is 2. The van der Waals surface area contributed by atoms with Gasteiger partial charge in [0.05, 0.1) is 0 Å². The molecule has 3 heterocycles. The Kier molecular flexibility index (Phi) is 8.71. The monoisotopic (exact) mass is 562 g/mol. The Labute approximate surface area is 244 Å². The van der Waals surface area contributed by atoms with E-state index >= 15 is 0 Å². The zero-order chi connectivity index (χ0) is 30.1. The first-order valence-corrected chi connectivity index (χ1v) is 14.9. The van der Waals surface area contributed by atoms with Gasteiger partial charge < -0.3 is 19.3 Å². The average molecular weight is 563 g/mol. The highest BCUT2D eigenvalue weighted by Gasteiger charge is 2.34. The van der Waals surface area contributed by atoms with E-state index in [0.29, 0.717) is 24.7 Å². The summed E-state index contributed by atoms with van der Waals surface area (Å²) < 4.78 is 12.9. The van der Waals surface area contributed by atoms with Gasteiger partial charge in [0, 0.05) is 60.6 Å². The van der Waals surface area contributed by atoms with Crippen molar-refractivity contribution in [2.75, 3.05) is 31.1 Å². The van der Waals surface area contributed by atoms with Crippen LogP contribution >= 0.6 is 0 Å². The molecule has 5 rings (SSSR count). The van der Waals surface area contributed by atoms with E-state index in [2.05, 4.69) is 42.2 Å². The lowest BCUT2D eigenvalue weighted by Crippen LogP contribution is -2.50. The van der Waals surface area contributed by atoms with E-state index in [4.69, 9.17) is 14.5 Å². The van der Waals surface area contributed by atoms with Crippen LogP contribution in [-0.4, -0.2) is 64.0 Å². The van der Waals surface area contributed by atoms with Crippen molar-refractivity contribution in [1.29, 1.82) is 0 Å². The molecule has 0 atom stereocenters. The van der Waals surface area contributed by atoms with Crippen LogP contribution in [0, 0.1) is 6.92 Å². The number of pyridine rings is 1. The van der Waals surface area contributed by atoms with Gasteiger partial charge in [-0.15, -0.1) is 0 Å². The summed E-state index contributed by atoms with van der Waals surface area (Å²) >= 11 is 0. The van der Waals surface area contributed by atoms with Crippen LogP contribution in [0.1, 0.15) is 85.4 Å². The van der Waals surface area contributed by atoms with E-state index in [1.165, 1.54) is 0 Å². The number of amides is 1. The Morgan fingerprint density at radius 2 is 1.39 bits per heavy atom. The summed E-state index contributed by atoms with van der Waals surface area (Å²) in [6.07, 6.45) is 3.40. The topological polar surface area (TPSA) is 76.9 Å². The summed E-state index contributed by atoms with van der Waals surface area (Å²) in [6, 6.07) is 10.6. The Morgan fingerprint density at radius 3 is 1.93 bits per heavy atom. The summed E-state index contributed by atoms with van der Waals surface area (Å²) in [5, 5.41) is 0.989. The molecule has 0 bridgehead atoms. The number of anilines is 1. The SMILES string of the molecule is CC.Cc1c(C2CC2)n(C(=O)OC(C)(C)C)c2ncc(-c3ccc(N4CCN(C(=O)OC(C)(C)C)CC4)cc3)cc12. The number of nitrogens with zero attached hydrogens (tertiary/aromatic N) is 4. The number of rotatable bonds is 3. The molecule has 1 aliphatic carbocycles. The molecule has 1 aliphatic heterocycles. The molecule has 8 heteroatoms. The van der Waals surface area contributed by atoms with Gasteiger partial charge in [0.25, 0.3) is 0 Å². The average Bonchev–Trinajstić information content (AvgIpc) is 3.71. The number of aromatic nitrogens is 2. The van der Waals surface area contributed by atoms with Crippen molar-refractivity contribution in [3.05, 3.63) is 47.8 Å². The minimum absolute atomic E-state index is 0.249. The van der Waals surface area contributed by atoms with Crippen LogP contribution in [0.15, 0.2) is 36.5 Å². The molecule has 0 unspecified atom stereocenters. The standard InChI is InChI=1S/C31H40N4O4.C2H6/c1-20-25-18-23(19-32-27(25)35(26(20)22-8-9-22)29(37)39-31(5,6)7)21-10-12-24(13-11-21)33-14-16-34(17-15-33)28(36)38-30(2,3)4;1-2/h10-13,18-19,22H,8-9,14-17H2,1-7H3;1-2H3. The largest absolute Gasteiger partial charge is 0.444 e. The Hall–Kier alpha value is -3.55. The normalized spacial score (nSPS) is 15.8. The third-order valence-electron chi connectivity index (χ3n) is 7.14. The predicted molar refractivity (Wildman–Crippen MR) is 165 cm³/mol. The minimum Gasteiger partial charge on any atom is -0.444 e. The number of hydrogen-bond acceptors (Lipinski definition) is 6. The molecule has 2 fully saturated rings. The van der Waals surface area contributed by atoms with Crippen LogP contribution in [-0.2, 0) is 9.47 Å². The van der Waals surface area contributed by atoms with Crippen molar-refractivity contribution in [2.24, 2.45) is 0 Å². The number of fused-ring (bicyclic) bond motifs is 1. The molecule has 8 nitrogen and oxygen atoms in total. The second-order valence-corrected chi connectivity index (χ2v) is 12.7. The minimum atomic E-state index is -0.577. The molecule has 1 saturated heterocycles. The van der Waals surface area contributed by atoms with Gasteiger partial charge in [-0.05, 0) is 90.6 Å². The highest BCUT2D eigenvalue weighted by molar-refractivity contribution is 5.93. The summed E-state index contributed by atoms with van der Waals surface area (Å²) in [5.41, 5.74) is 4.93. The maximum atomic E-state index is 13.2. The van der Waals surface area contributed by atoms with Crippen molar-refractivity contribution < 1.29 is 19.1 Å². The lowest BCUT2D eigenvalue weighted by molar-refractivity contribution is 0.0240. The molecular formula is C33H46N4O4. The number of hydrogen-bond donors (Lipinski definition) is 0. The molecule has 3 aromatic rings. The van der Waals surface area contributed by atoms with E-state index in [9.17, 15) is 9.59 Å². The first-order valence-electron chi connectivity index (χ1n) is 14.9. The van der Waals surface area contributed by atoms with Gasteiger partial charge in [-0.25, -0.2) is 19.1 Å². The molecule has 1 aromatic carbocycles. The van der Waals surface area contributed by atoms with Crippen LogP contribution in [0.5, 0.6) is 0 Å². The molecular weight excluding hydrogens is 516 g/mol. The number of benzene rings is 1. The lowest BCUT2D eigenvalue weighted by Gasteiger charge is -2.36. The van der Waals surface area contributed by atoms with Crippen LogP contribution < -0.4 is 4.90 Å². The molecule has 1 saturated carbocycles. The zero-order valence-electron chi connectivity index (χ0n) is 26.2. The molecule has 41 heavy (non-hydrogen) atoms. The molecule has 2 aliphatic rings. The summed E-state index contributed by atoms with van der Waals surface area (Å²) in [6.45, 7) is 20.2. The highest BCUT2D eigenvalue weighted by atomic mass is 16.6. The van der Waals surface area contributed by atoms with Crippen LogP contribution in [0.4, 0.5) is 15.3 Å². The van der Waals surface area contributed by atoms with E-state index in [1.807, 2.05) is 61.6 Å². The van der Waals surface area contributed by atoms with Gasteiger partial charge in [0.1, 0.15) is 16.8 Å². The van der Waals surface area contributed by atoms with Gasteiger partial charge >= 0.3 is 12.2 Å². The van der Waals surface area contributed by atoms with Crippen LogP contribution in [0.2, 0.25) is 0 Å². The fraction of sp³-hybridized carbons (Fsp3) is 0.545. The maximum absolute atomic E-state index is 13.2. The van der Waals surface area contributed by atoms with Gasteiger partial charge in [-0.2, -0.15) is 0 Å². The number of piperazine rings is 1. The van der Waals surface area contributed by atoms with E-state index in [-0.39, 0.29) is 12.2 Å². The number of carbonyl (C=O) groups is 2. The van der Waals surface area contributed by atoms with Crippen LogP contribution in [0.3, 0.4) is 0 Å². The van der Waals surface area contributed by atoms with Gasteiger partial charge in [0.15, 0.2) is 0 Å².